The van der Waals surface area contributed by atoms with Crippen LogP contribution in [-0.4, -0.2) is 17.3 Å². The third kappa shape index (κ3) is 5.83. The monoisotopic (exact) mass is 282 g/mol. The van der Waals surface area contributed by atoms with Crippen molar-refractivity contribution in [2.75, 3.05) is 6.54 Å². The molecule has 108 valence electrons. The van der Waals surface area contributed by atoms with Gasteiger partial charge in [-0.05, 0) is 37.6 Å². The topological polar surface area (TPSA) is 56.0 Å². The number of nitrogens with two attached hydrogens (primary N) is 1. The van der Waals surface area contributed by atoms with Crippen LogP contribution in [0.4, 0.5) is 0 Å². The number of nitrogens with zero attached hydrogens (tertiary/aromatic N) is 1. The summed E-state index contributed by atoms with van der Waals surface area (Å²) >= 11 is 1.58. The van der Waals surface area contributed by atoms with Crippen LogP contribution in [0, 0.1) is 18.3 Å². The van der Waals surface area contributed by atoms with Crippen LogP contribution < -0.4 is 5.73 Å². The molecule has 0 radical (unpaired) electrons. The predicted octanol–water partition coefficient (Wildman–Crippen LogP) is 3.35. The van der Waals surface area contributed by atoms with E-state index in [2.05, 4.69) is 25.8 Å². The lowest BCUT2D eigenvalue weighted by Gasteiger charge is -2.30. The highest BCUT2D eigenvalue weighted by Crippen LogP contribution is 2.32. The third-order valence-corrected chi connectivity index (χ3v) is 4.49. The number of aromatic nitrogens is 1. The summed E-state index contributed by atoms with van der Waals surface area (Å²) in [6.07, 6.45) is 3.05. The fraction of sp³-hybridized carbons (Fsp3) is 0.733. The molecule has 1 aromatic heterocycles. The van der Waals surface area contributed by atoms with Crippen LogP contribution in [0.25, 0.3) is 0 Å². The van der Waals surface area contributed by atoms with E-state index in [0.29, 0.717) is 31.1 Å². The zero-order valence-electron chi connectivity index (χ0n) is 12.5. The van der Waals surface area contributed by atoms with Gasteiger partial charge in [0.25, 0.3) is 0 Å². The first-order valence-electron chi connectivity index (χ1n) is 6.95. The summed E-state index contributed by atoms with van der Waals surface area (Å²) < 4.78 is 0. The average Bonchev–Trinajstić information content (AvgIpc) is 2.68. The Morgan fingerprint density at radius 3 is 2.58 bits per heavy atom. The van der Waals surface area contributed by atoms with Crippen molar-refractivity contribution in [1.29, 1.82) is 0 Å². The van der Waals surface area contributed by atoms with E-state index in [9.17, 15) is 4.79 Å². The Kier molecular flexibility index (Phi) is 6.14. The molecule has 0 amide bonds. The smallest absolute Gasteiger partial charge is 0.139 e. The van der Waals surface area contributed by atoms with E-state index in [0.717, 1.165) is 23.5 Å². The first kappa shape index (κ1) is 16.3. The van der Waals surface area contributed by atoms with Crippen molar-refractivity contribution >= 4 is 17.1 Å². The van der Waals surface area contributed by atoms with E-state index < -0.39 is 0 Å². The number of ketones is 1. The van der Waals surface area contributed by atoms with E-state index in [-0.39, 0.29) is 5.41 Å². The van der Waals surface area contributed by atoms with Crippen LogP contribution in [0.5, 0.6) is 0 Å². The van der Waals surface area contributed by atoms with E-state index in [4.69, 9.17) is 5.73 Å². The zero-order valence-corrected chi connectivity index (χ0v) is 13.3. The maximum absolute atomic E-state index is 12.0. The van der Waals surface area contributed by atoms with Crippen LogP contribution in [0.2, 0.25) is 0 Å². The molecule has 3 nitrogen and oxygen atoms in total. The molecule has 0 aliphatic rings. The van der Waals surface area contributed by atoms with Crippen molar-refractivity contribution < 1.29 is 4.79 Å². The van der Waals surface area contributed by atoms with Gasteiger partial charge in [-0.3, -0.25) is 4.79 Å². The van der Waals surface area contributed by atoms with Crippen LogP contribution in [-0.2, 0) is 11.2 Å². The van der Waals surface area contributed by atoms with E-state index in [1.807, 2.05) is 12.3 Å². The lowest BCUT2D eigenvalue weighted by Crippen LogP contribution is -2.24. The molecule has 0 fully saturated rings. The Labute approximate surface area is 120 Å². The molecule has 0 aliphatic carbocycles. The number of rotatable bonds is 7. The number of aryl methyl sites for hydroxylation is 1. The summed E-state index contributed by atoms with van der Waals surface area (Å²) in [7, 11) is 0. The molecular weight excluding hydrogens is 256 g/mol. The molecule has 2 N–H and O–H groups in total. The van der Waals surface area contributed by atoms with Gasteiger partial charge in [-0.15, -0.1) is 11.3 Å². The molecule has 1 rings (SSSR count). The Morgan fingerprint density at radius 2 is 2.11 bits per heavy atom. The lowest BCUT2D eigenvalue weighted by atomic mass is 9.76. The summed E-state index contributed by atoms with van der Waals surface area (Å²) in [6.45, 7) is 9.33. The van der Waals surface area contributed by atoms with Crippen LogP contribution in [0.1, 0.15) is 50.7 Å². The molecular formula is C15H26N2OS. The molecule has 0 spiro atoms. The first-order valence-corrected chi connectivity index (χ1v) is 7.83. The normalized spacial score (nSPS) is 13.5. The van der Waals surface area contributed by atoms with Crippen LogP contribution in [0.3, 0.4) is 0 Å². The lowest BCUT2D eigenvalue weighted by molar-refractivity contribution is -0.118. The Hall–Kier alpha value is -0.740. The minimum Gasteiger partial charge on any atom is -0.330 e. The second kappa shape index (κ2) is 7.15. The highest BCUT2D eigenvalue weighted by Gasteiger charge is 2.24. The fourth-order valence-corrected chi connectivity index (χ4v) is 3.09. The maximum atomic E-state index is 12.0. The second-order valence-electron chi connectivity index (χ2n) is 6.28. The summed E-state index contributed by atoms with van der Waals surface area (Å²) in [5.74, 6) is 0.806. The number of thiazole rings is 1. The molecule has 0 aliphatic heterocycles. The molecule has 1 atom stereocenters. The van der Waals surface area contributed by atoms with Gasteiger partial charge in [0, 0.05) is 17.5 Å². The molecule has 0 bridgehead atoms. The number of carbonyl (C=O) groups excluding carboxylic acids is 1. The Bertz CT molecular complexity index is 407. The van der Waals surface area contributed by atoms with Gasteiger partial charge in [-0.25, -0.2) is 4.98 Å². The van der Waals surface area contributed by atoms with Gasteiger partial charge in [0.05, 0.1) is 6.42 Å². The molecule has 1 heterocycles. The number of hydrogen-bond donors (Lipinski definition) is 1. The van der Waals surface area contributed by atoms with Gasteiger partial charge < -0.3 is 5.73 Å². The fourth-order valence-electron chi connectivity index (χ4n) is 2.29. The van der Waals surface area contributed by atoms with E-state index >= 15 is 0 Å². The highest BCUT2D eigenvalue weighted by atomic mass is 32.1. The Morgan fingerprint density at radius 1 is 1.42 bits per heavy atom. The number of Topliss-reactive ketones (excluding diaryl/α,β-unsaturated/α-hetero) is 1. The number of carbonyl (C=O) groups is 1. The Balaban J connectivity index is 2.43. The minimum absolute atomic E-state index is 0.220. The molecule has 1 aromatic rings. The maximum Gasteiger partial charge on any atom is 0.139 e. The van der Waals surface area contributed by atoms with Gasteiger partial charge >= 0.3 is 0 Å². The van der Waals surface area contributed by atoms with Gasteiger partial charge in [0.1, 0.15) is 10.8 Å². The van der Waals surface area contributed by atoms with Gasteiger partial charge in [0.2, 0.25) is 0 Å². The first-order chi connectivity index (χ1) is 8.82. The SMILES string of the molecule is Cc1csc(CC(=O)CCC(CCN)C(C)(C)C)n1. The summed E-state index contributed by atoms with van der Waals surface area (Å²) in [4.78, 5) is 16.3. The van der Waals surface area contributed by atoms with Crippen LogP contribution >= 0.6 is 11.3 Å². The van der Waals surface area contributed by atoms with Gasteiger partial charge in [-0.1, -0.05) is 20.8 Å². The summed E-state index contributed by atoms with van der Waals surface area (Å²) in [5.41, 5.74) is 6.89. The highest BCUT2D eigenvalue weighted by molar-refractivity contribution is 7.09. The van der Waals surface area contributed by atoms with Gasteiger partial charge in [0.15, 0.2) is 0 Å². The average molecular weight is 282 g/mol. The van der Waals surface area contributed by atoms with Crippen molar-refractivity contribution in [3.63, 3.8) is 0 Å². The quantitative estimate of drug-likeness (QED) is 0.834. The summed E-state index contributed by atoms with van der Waals surface area (Å²) in [5, 5.41) is 2.93. The molecule has 19 heavy (non-hydrogen) atoms. The molecule has 0 saturated carbocycles. The standard InChI is InChI=1S/C15H26N2OS/c1-11-10-19-14(17-11)9-13(18)6-5-12(7-8-16)15(2,3)4/h10,12H,5-9,16H2,1-4H3. The van der Waals surface area contributed by atoms with Crippen molar-refractivity contribution in [2.24, 2.45) is 17.1 Å². The largest absolute Gasteiger partial charge is 0.330 e. The zero-order chi connectivity index (χ0) is 14.5. The molecule has 1 unspecified atom stereocenters. The number of hydrogen-bond acceptors (Lipinski definition) is 4. The molecule has 0 saturated heterocycles. The van der Waals surface area contributed by atoms with E-state index in [1.165, 1.54) is 0 Å². The van der Waals surface area contributed by atoms with Gasteiger partial charge in [-0.2, -0.15) is 0 Å². The molecule has 4 heteroatoms. The van der Waals surface area contributed by atoms with Crippen molar-refractivity contribution in [1.82, 2.24) is 4.98 Å². The van der Waals surface area contributed by atoms with Crippen molar-refractivity contribution in [3.8, 4) is 0 Å². The molecule has 0 aromatic carbocycles. The van der Waals surface area contributed by atoms with E-state index in [1.54, 1.807) is 11.3 Å². The van der Waals surface area contributed by atoms with Crippen LogP contribution in [0.15, 0.2) is 5.38 Å². The predicted molar refractivity (Wildman–Crippen MR) is 81.4 cm³/mol. The van der Waals surface area contributed by atoms with Crippen molar-refractivity contribution in [3.05, 3.63) is 16.1 Å². The second-order valence-corrected chi connectivity index (χ2v) is 7.22. The third-order valence-electron chi connectivity index (χ3n) is 3.53. The summed E-state index contributed by atoms with van der Waals surface area (Å²) in [6, 6.07) is 0. The van der Waals surface area contributed by atoms with Crippen molar-refractivity contribution in [2.45, 2.75) is 53.4 Å². The minimum atomic E-state index is 0.220.